The molecule has 0 bridgehead atoms. The number of nitrogens with one attached hydrogen (secondary N) is 1. The maximum Gasteiger partial charge on any atom is 0.354 e. The van der Waals surface area contributed by atoms with Crippen molar-refractivity contribution in [3.05, 3.63) is 47.0 Å². The minimum Gasteiger partial charge on any atom is -0.477 e. The summed E-state index contributed by atoms with van der Waals surface area (Å²) in [4.78, 5) is 27.1. The van der Waals surface area contributed by atoms with Gasteiger partial charge in [-0.05, 0) is 46.8 Å². The van der Waals surface area contributed by atoms with E-state index in [1.165, 1.54) is 18.2 Å². The van der Waals surface area contributed by atoms with E-state index in [0.717, 1.165) is 11.3 Å². The second-order valence-electron chi connectivity index (χ2n) is 6.69. The molecule has 1 atom stereocenters. The van der Waals surface area contributed by atoms with Crippen LogP contribution in [0.2, 0.25) is 0 Å². The number of aryl methyl sites for hydroxylation is 1. The van der Waals surface area contributed by atoms with Crippen LogP contribution in [0.15, 0.2) is 24.4 Å². The standard InChI is InChI=1S/C17H22N4O3/c1-10(12-9-21(17(3,4)5)20-11(12)2)18-15(22)13-7-6-8-14(19-13)16(23)24/h6-10H,1-5H3,(H,18,22)(H,23,24). The fraction of sp³-hybridized carbons (Fsp3) is 0.412. The lowest BCUT2D eigenvalue weighted by Gasteiger charge is -2.19. The van der Waals surface area contributed by atoms with Crippen LogP contribution in [0, 0.1) is 6.92 Å². The van der Waals surface area contributed by atoms with Gasteiger partial charge in [-0.1, -0.05) is 6.07 Å². The molecule has 0 aliphatic heterocycles. The Balaban J connectivity index is 2.19. The van der Waals surface area contributed by atoms with E-state index in [0.29, 0.717) is 0 Å². The Bertz CT molecular complexity index is 774. The largest absolute Gasteiger partial charge is 0.477 e. The zero-order chi connectivity index (χ0) is 18.1. The highest BCUT2D eigenvalue weighted by Gasteiger charge is 2.21. The van der Waals surface area contributed by atoms with Crippen LogP contribution in [-0.2, 0) is 5.54 Å². The number of carboxylic acid groups (broad SMARTS) is 1. The van der Waals surface area contributed by atoms with Gasteiger partial charge in [0, 0.05) is 11.8 Å². The van der Waals surface area contributed by atoms with Gasteiger partial charge in [0.2, 0.25) is 0 Å². The maximum absolute atomic E-state index is 12.3. The summed E-state index contributed by atoms with van der Waals surface area (Å²) in [7, 11) is 0. The number of carbonyl (C=O) groups excluding carboxylic acids is 1. The first kappa shape index (κ1) is 17.7. The van der Waals surface area contributed by atoms with Crippen molar-refractivity contribution >= 4 is 11.9 Å². The van der Waals surface area contributed by atoms with Gasteiger partial charge in [-0.15, -0.1) is 0 Å². The number of hydrogen-bond acceptors (Lipinski definition) is 4. The summed E-state index contributed by atoms with van der Waals surface area (Å²) in [5.74, 6) is -1.59. The summed E-state index contributed by atoms with van der Waals surface area (Å²) in [6.45, 7) is 9.90. The summed E-state index contributed by atoms with van der Waals surface area (Å²) in [6, 6.07) is 4.06. The van der Waals surface area contributed by atoms with Gasteiger partial charge >= 0.3 is 5.97 Å². The molecule has 2 rings (SSSR count). The molecular weight excluding hydrogens is 308 g/mol. The van der Waals surface area contributed by atoms with Crippen LogP contribution in [0.3, 0.4) is 0 Å². The average Bonchev–Trinajstić information content (AvgIpc) is 2.89. The van der Waals surface area contributed by atoms with Crippen molar-refractivity contribution in [2.24, 2.45) is 0 Å². The van der Waals surface area contributed by atoms with Gasteiger partial charge in [0.15, 0.2) is 0 Å². The lowest BCUT2D eigenvalue weighted by atomic mass is 10.1. The molecule has 1 amide bonds. The highest BCUT2D eigenvalue weighted by Crippen LogP contribution is 2.21. The Morgan fingerprint density at radius 2 is 1.88 bits per heavy atom. The van der Waals surface area contributed by atoms with Crippen molar-refractivity contribution in [3.63, 3.8) is 0 Å². The third-order valence-electron chi connectivity index (χ3n) is 3.64. The molecule has 7 heteroatoms. The Labute approximate surface area is 140 Å². The molecule has 0 spiro atoms. The summed E-state index contributed by atoms with van der Waals surface area (Å²) < 4.78 is 1.86. The second-order valence-corrected chi connectivity index (χ2v) is 6.69. The Kier molecular flexibility index (Phi) is 4.73. The average molecular weight is 330 g/mol. The van der Waals surface area contributed by atoms with E-state index < -0.39 is 11.9 Å². The minimum atomic E-state index is -1.17. The first-order valence-corrected chi connectivity index (χ1v) is 7.67. The number of aromatic carboxylic acids is 1. The molecule has 1 unspecified atom stereocenters. The summed E-state index contributed by atoms with van der Waals surface area (Å²) in [5.41, 5.74) is 1.51. The van der Waals surface area contributed by atoms with Gasteiger partial charge in [-0.3, -0.25) is 9.48 Å². The van der Waals surface area contributed by atoms with Crippen LogP contribution < -0.4 is 5.32 Å². The van der Waals surface area contributed by atoms with Gasteiger partial charge in [-0.25, -0.2) is 9.78 Å². The van der Waals surface area contributed by atoms with E-state index in [4.69, 9.17) is 5.11 Å². The lowest BCUT2D eigenvalue weighted by Crippen LogP contribution is -2.28. The highest BCUT2D eigenvalue weighted by atomic mass is 16.4. The molecule has 0 saturated heterocycles. The number of rotatable bonds is 4. The van der Waals surface area contributed by atoms with E-state index in [9.17, 15) is 9.59 Å². The fourth-order valence-corrected chi connectivity index (χ4v) is 2.27. The molecule has 0 aliphatic carbocycles. The number of pyridine rings is 1. The zero-order valence-electron chi connectivity index (χ0n) is 14.5. The predicted molar refractivity (Wildman–Crippen MR) is 89.0 cm³/mol. The van der Waals surface area contributed by atoms with Crippen molar-refractivity contribution < 1.29 is 14.7 Å². The maximum atomic E-state index is 12.3. The van der Waals surface area contributed by atoms with Crippen LogP contribution in [0.1, 0.15) is 66.0 Å². The van der Waals surface area contributed by atoms with Crippen molar-refractivity contribution in [1.29, 1.82) is 0 Å². The van der Waals surface area contributed by atoms with Crippen molar-refractivity contribution in [2.45, 2.75) is 46.2 Å². The molecule has 7 nitrogen and oxygen atoms in total. The molecule has 0 radical (unpaired) electrons. The lowest BCUT2D eigenvalue weighted by molar-refractivity contribution is 0.0690. The topological polar surface area (TPSA) is 97.1 Å². The second kappa shape index (κ2) is 6.43. The number of carboxylic acids is 1. The molecule has 24 heavy (non-hydrogen) atoms. The van der Waals surface area contributed by atoms with Gasteiger partial charge < -0.3 is 10.4 Å². The quantitative estimate of drug-likeness (QED) is 0.898. The summed E-state index contributed by atoms with van der Waals surface area (Å²) in [5, 5.41) is 16.3. The Morgan fingerprint density at radius 1 is 1.25 bits per heavy atom. The molecule has 2 N–H and O–H groups in total. The minimum absolute atomic E-state index is 0.0719. The molecule has 2 aromatic rings. The first-order chi connectivity index (χ1) is 11.1. The Hall–Kier alpha value is -2.70. The fourth-order valence-electron chi connectivity index (χ4n) is 2.27. The first-order valence-electron chi connectivity index (χ1n) is 7.67. The number of aromatic nitrogens is 3. The van der Waals surface area contributed by atoms with Gasteiger partial charge in [0.05, 0.1) is 17.3 Å². The number of nitrogens with zero attached hydrogens (tertiary/aromatic N) is 3. The van der Waals surface area contributed by atoms with E-state index in [1.54, 1.807) is 0 Å². The highest BCUT2D eigenvalue weighted by molar-refractivity contribution is 5.94. The number of hydrogen-bond donors (Lipinski definition) is 2. The van der Waals surface area contributed by atoms with Crippen LogP contribution in [0.4, 0.5) is 0 Å². The van der Waals surface area contributed by atoms with E-state index in [-0.39, 0.29) is 23.0 Å². The number of carbonyl (C=O) groups is 2. The van der Waals surface area contributed by atoms with Crippen LogP contribution in [-0.4, -0.2) is 31.7 Å². The molecule has 0 saturated carbocycles. The SMILES string of the molecule is Cc1nn(C(C)(C)C)cc1C(C)NC(=O)c1cccc(C(=O)O)n1. The van der Waals surface area contributed by atoms with Crippen molar-refractivity contribution in [3.8, 4) is 0 Å². The van der Waals surface area contributed by atoms with Crippen molar-refractivity contribution in [2.75, 3.05) is 0 Å². The summed E-state index contributed by atoms with van der Waals surface area (Å²) in [6.07, 6.45) is 1.92. The molecule has 0 aliphatic rings. The monoisotopic (exact) mass is 330 g/mol. The molecule has 2 aromatic heterocycles. The van der Waals surface area contributed by atoms with Gasteiger partial charge in [0.1, 0.15) is 11.4 Å². The molecule has 0 aromatic carbocycles. The zero-order valence-corrected chi connectivity index (χ0v) is 14.5. The van der Waals surface area contributed by atoms with E-state index in [2.05, 4.69) is 15.4 Å². The van der Waals surface area contributed by atoms with Crippen LogP contribution in [0.25, 0.3) is 0 Å². The number of amides is 1. The van der Waals surface area contributed by atoms with Gasteiger partial charge in [0.25, 0.3) is 5.91 Å². The van der Waals surface area contributed by atoms with Crippen molar-refractivity contribution in [1.82, 2.24) is 20.1 Å². The normalized spacial score (nSPS) is 12.7. The molecule has 2 heterocycles. The van der Waals surface area contributed by atoms with E-state index >= 15 is 0 Å². The molecule has 0 fully saturated rings. The predicted octanol–water partition coefficient (Wildman–Crippen LogP) is 2.53. The molecular formula is C17H22N4O3. The third-order valence-corrected chi connectivity index (χ3v) is 3.64. The third kappa shape index (κ3) is 3.79. The van der Waals surface area contributed by atoms with Gasteiger partial charge in [-0.2, -0.15) is 5.10 Å². The van der Waals surface area contributed by atoms with E-state index in [1.807, 2.05) is 45.5 Å². The summed E-state index contributed by atoms with van der Waals surface area (Å²) >= 11 is 0. The van der Waals surface area contributed by atoms with Crippen LogP contribution in [0.5, 0.6) is 0 Å². The van der Waals surface area contributed by atoms with Crippen LogP contribution >= 0.6 is 0 Å². The Morgan fingerprint density at radius 3 is 2.42 bits per heavy atom. The smallest absolute Gasteiger partial charge is 0.354 e. The molecule has 128 valence electrons.